The molecule has 2 rings (SSSR count). The van der Waals surface area contributed by atoms with Gasteiger partial charge in [0, 0.05) is 13.2 Å². The van der Waals surface area contributed by atoms with E-state index in [1.54, 1.807) is 0 Å². The minimum absolute atomic E-state index is 0.191. The highest BCUT2D eigenvalue weighted by Gasteiger charge is 2.49. The van der Waals surface area contributed by atoms with Crippen molar-refractivity contribution in [1.29, 1.82) is 0 Å². The van der Waals surface area contributed by atoms with E-state index in [1.165, 1.54) is 29.1 Å². The number of hydrogen-bond donors (Lipinski definition) is 4. The van der Waals surface area contributed by atoms with Gasteiger partial charge in [0.05, 0.1) is 6.61 Å². The number of aliphatic hydroxyl groups excluding tert-OH is 2. The van der Waals surface area contributed by atoms with Crippen LogP contribution in [0.3, 0.4) is 0 Å². The molecule has 5 N–H and O–H groups in total. The van der Waals surface area contributed by atoms with Gasteiger partial charge in [0.1, 0.15) is 17.8 Å². The number of carbonyl (C=O) groups excluding carboxylic acids is 1. The zero-order valence-electron chi connectivity index (χ0n) is 12.2. The summed E-state index contributed by atoms with van der Waals surface area (Å²) in [5, 5.41) is 20.0. The van der Waals surface area contributed by atoms with Gasteiger partial charge in [-0.25, -0.2) is 4.57 Å². The number of nitrogens with zero attached hydrogens (tertiary/aromatic N) is 1. The Balaban J connectivity index is 2.12. The number of phosphoric acid groups is 1. The maximum Gasteiger partial charge on any atom is 0.472 e. The Bertz CT molecular complexity index is 627. The van der Waals surface area contributed by atoms with Gasteiger partial charge in [0.25, 0.3) is 12.1 Å². The van der Waals surface area contributed by atoms with Gasteiger partial charge < -0.3 is 25.6 Å². The second-order valence-electron chi connectivity index (χ2n) is 4.90. The summed E-state index contributed by atoms with van der Waals surface area (Å²) in [5.41, 5.74) is 5.38. The van der Waals surface area contributed by atoms with E-state index in [4.69, 9.17) is 10.5 Å². The fourth-order valence-electron chi connectivity index (χ4n) is 2.13. The van der Waals surface area contributed by atoms with Crippen molar-refractivity contribution in [1.82, 2.24) is 0 Å². The van der Waals surface area contributed by atoms with Crippen molar-refractivity contribution >= 4 is 13.7 Å². The normalized spacial score (nSPS) is 30.1. The monoisotopic (exact) mass is 349 g/mol. The van der Waals surface area contributed by atoms with Crippen LogP contribution in [0.4, 0.5) is 0 Å². The minimum atomic E-state index is -4.23. The molecular formula is C12H18N2O8P+. The Kier molecular flexibility index (Phi) is 5.48. The van der Waals surface area contributed by atoms with Gasteiger partial charge >= 0.3 is 7.82 Å². The molecule has 0 saturated carbocycles. The van der Waals surface area contributed by atoms with Gasteiger partial charge in [0.15, 0.2) is 18.5 Å². The van der Waals surface area contributed by atoms with Gasteiger partial charge in [-0.1, -0.05) is 0 Å². The summed E-state index contributed by atoms with van der Waals surface area (Å²) in [6.45, 7) is -0.466. The summed E-state index contributed by atoms with van der Waals surface area (Å²) in [7, 11) is -3.23. The van der Waals surface area contributed by atoms with Gasteiger partial charge in [-0.15, -0.1) is 0 Å². The molecule has 11 heteroatoms. The maximum absolute atomic E-state index is 11.3. The molecule has 10 nitrogen and oxygen atoms in total. The quantitative estimate of drug-likeness (QED) is 0.356. The van der Waals surface area contributed by atoms with Gasteiger partial charge in [-0.2, -0.15) is 4.57 Å². The van der Waals surface area contributed by atoms with E-state index in [0.717, 1.165) is 7.11 Å². The van der Waals surface area contributed by atoms with Crippen molar-refractivity contribution in [2.75, 3.05) is 13.7 Å². The lowest BCUT2D eigenvalue weighted by Crippen LogP contribution is -2.46. The first kappa shape index (κ1) is 18.0. The molecule has 1 aromatic heterocycles. The van der Waals surface area contributed by atoms with Crippen molar-refractivity contribution in [2.45, 2.75) is 24.5 Å². The highest BCUT2D eigenvalue weighted by molar-refractivity contribution is 7.47. The lowest BCUT2D eigenvalue weighted by Gasteiger charge is -2.15. The van der Waals surface area contributed by atoms with E-state index in [-0.39, 0.29) is 5.56 Å². The molecule has 1 amide bonds. The molecule has 2 heterocycles. The van der Waals surface area contributed by atoms with Crippen molar-refractivity contribution in [3.8, 4) is 0 Å². The topological polar surface area (TPSA) is 152 Å². The highest BCUT2D eigenvalue weighted by Crippen LogP contribution is 2.42. The average Bonchev–Trinajstić information content (AvgIpc) is 2.81. The van der Waals surface area contributed by atoms with Crippen molar-refractivity contribution < 1.29 is 42.8 Å². The Morgan fingerprint density at radius 2 is 2.17 bits per heavy atom. The zero-order chi connectivity index (χ0) is 17.2. The largest absolute Gasteiger partial charge is 0.472 e. The van der Waals surface area contributed by atoms with Crippen LogP contribution in [0.2, 0.25) is 0 Å². The van der Waals surface area contributed by atoms with Crippen LogP contribution in [0.25, 0.3) is 0 Å². The third-order valence-corrected chi connectivity index (χ3v) is 4.31. The van der Waals surface area contributed by atoms with Crippen molar-refractivity contribution in [2.24, 2.45) is 5.73 Å². The zero-order valence-corrected chi connectivity index (χ0v) is 13.1. The number of aliphatic hydroxyl groups is 2. The van der Waals surface area contributed by atoms with E-state index in [1.807, 2.05) is 0 Å². The van der Waals surface area contributed by atoms with Gasteiger partial charge in [-0.3, -0.25) is 13.8 Å². The van der Waals surface area contributed by atoms with Crippen LogP contribution in [0.5, 0.6) is 0 Å². The average molecular weight is 349 g/mol. The number of hydrogen-bond acceptors (Lipinski definition) is 7. The lowest BCUT2D eigenvalue weighted by molar-refractivity contribution is -0.765. The fraction of sp³-hybridized carbons (Fsp3) is 0.500. The van der Waals surface area contributed by atoms with E-state index < -0.39 is 44.9 Å². The summed E-state index contributed by atoms with van der Waals surface area (Å²) < 4.78 is 26.9. The molecule has 128 valence electrons. The Morgan fingerprint density at radius 3 is 2.78 bits per heavy atom. The third kappa shape index (κ3) is 4.12. The van der Waals surface area contributed by atoms with Gasteiger partial charge in [-0.05, 0) is 6.07 Å². The van der Waals surface area contributed by atoms with Crippen LogP contribution < -0.4 is 10.3 Å². The first-order valence-corrected chi connectivity index (χ1v) is 8.10. The first-order chi connectivity index (χ1) is 10.7. The number of phosphoric ester groups is 1. The summed E-state index contributed by atoms with van der Waals surface area (Å²) in [5.74, 6) is -0.659. The predicted octanol–water partition coefficient (Wildman–Crippen LogP) is -1.54. The van der Waals surface area contributed by atoms with Crippen LogP contribution in [0.15, 0.2) is 24.5 Å². The van der Waals surface area contributed by atoms with Gasteiger partial charge in [0.2, 0.25) is 0 Å². The number of pyridine rings is 1. The Morgan fingerprint density at radius 1 is 1.48 bits per heavy atom. The third-order valence-electron chi connectivity index (χ3n) is 3.37. The minimum Gasteiger partial charge on any atom is -0.387 e. The molecule has 1 aromatic rings. The first-order valence-electron chi connectivity index (χ1n) is 6.60. The molecule has 0 aliphatic carbocycles. The van der Waals surface area contributed by atoms with Crippen LogP contribution in [0.1, 0.15) is 16.6 Å². The summed E-state index contributed by atoms with van der Waals surface area (Å²) in [6, 6.07) is 3.01. The molecule has 5 atom stereocenters. The molecule has 0 radical (unpaired) electrons. The number of ether oxygens (including phenoxy) is 1. The van der Waals surface area contributed by atoms with E-state index >= 15 is 0 Å². The summed E-state index contributed by atoms with van der Waals surface area (Å²) in [6.07, 6.45) is -1.89. The van der Waals surface area contributed by atoms with Crippen LogP contribution in [0, 0.1) is 0 Å². The Labute approximate surface area is 131 Å². The molecule has 0 aromatic carbocycles. The second-order valence-corrected chi connectivity index (χ2v) is 6.46. The van der Waals surface area contributed by atoms with Crippen LogP contribution >= 0.6 is 7.82 Å². The van der Waals surface area contributed by atoms with Crippen LogP contribution in [-0.2, 0) is 18.3 Å². The van der Waals surface area contributed by atoms with Crippen molar-refractivity contribution in [3.05, 3.63) is 30.1 Å². The lowest BCUT2D eigenvalue weighted by atomic mass is 10.1. The molecule has 1 saturated heterocycles. The number of primary amides is 1. The summed E-state index contributed by atoms with van der Waals surface area (Å²) >= 11 is 0. The van der Waals surface area contributed by atoms with Crippen LogP contribution in [-0.4, -0.2) is 53.0 Å². The van der Waals surface area contributed by atoms with E-state index in [9.17, 15) is 24.5 Å². The molecule has 0 spiro atoms. The fourth-order valence-corrected chi connectivity index (χ4v) is 2.57. The SMILES string of the molecule is COP(=O)(O)OC[C@H]1O[C@@H]([n+]2cccc(C(N)=O)c2)[C@H](O)[C@@H]1O. The maximum atomic E-state index is 11.3. The highest BCUT2D eigenvalue weighted by atomic mass is 31.2. The molecule has 23 heavy (non-hydrogen) atoms. The number of carbonyl (C=O) groups is 1. The molecule has 1 aliphatic rings. The predicted molar refractivity (Wildman–Crippen MR) is 73.9 cm³/mol. The Hall–Kier alpha value is -1.39. The number of amides is 1. The standard InChI is InChI=1S/C12H17N2O8P/c1-20-23(18,19)21-6-8-9(15)10(16)12(22-8)14-4-2-3-7(5-14)11(13)17/h2-5,8-10,12,15-16H,6H2,1H3,(H2-,13,17,18,19)/p+1/t8-,9-,10-,12-/m1/s1. The smallest absolute Gasteiger partial charge is 0.387 e. The number of aromatic nitrogens is 1. The van der Waals surface area contributed by atoms with Crippen molar-refractivity contribution in [3.63, 3.8) is 0 Å². The molecule has 1 aliphatic heterocycles. The van der Waals surface area contributed by atoms with E-state index in [2.05, 4.69) is 9.05 Å². The molecule has 0 bridgehead atoms. The number of nitrogens with two attached hydrogens (primary N) is 1. The summed E-state index contributed by atoms with van der Waals surface area (Å²) in [4.78, 5) is 20.4. The molecule has 1 fully saturated rings. The van der Waals surface area contributed by atoms with E-state index in [0.29, 0.717) is 0 Å². The number of rotatable bonds is 6. The molecule has 1 unspecified atom stereocenters. The second kappa shape index (κ2) is 7.02. The molecular weight excluding hydrogens is 331 g/mol.